The lowest BCUT2D eigenvalue weighted by Crippen LogP contribution is -2.27. The quantitative estimate of drug-likeness (QED) is 0.685. The van der Waals surface area contributed by atoms with Crippen LogP contribution < -0.4 is 0 Å². The lowest BCUT2D eigenvalue weighted by molar-refractivity contribution is -0.143. The van der Waals surface area contributed by atoms with E-state index in [1.807, 2.05) is 0 Å². The number of ether oxygens (including phenoxy) is 2. The molecule has 0 atom stereocenters. The van der Waals surface area contributed by atoms with Crippen molar-refractivity contribution in [1.82, 2.24) is 0 Å². The molecule has 0 aromatic carbocycles. The molecule has 80 valence electrons. The van der Waals surface area contributed by atoms with Crippen LogP contribution in [0.5, 0.6) is 0 Å². The van der Waals surface area contributed by atoms with Gasteiger partial charge in [-0.15, -0.1) is 0 Å². The van der Waals surface area contributed by atoms with Crippen molar-refractivity contribution < 1.29 is 24.2 Å². The zero-order valence-electron chi connectivity index (χ0n) is 8.06. The van der Waals surface area contributed by atoms with Crippen LogP contribution in [0.25, 0.3) is 0 Å². The third-order valence-corrected chi connectivity index (χ3v) is 2.45. The maximum atomic E-state index is 10.7. The van der Waals surface area contributed by atoms with Crippen molar-refractivity contribution in [3.05, 3.63) is 0 Å². The summed E-state index contributed by atoms with van der Waals surface area (Å²) in [6.45, 7) is 0. The number of methoxy groups -OCH3 is 1. The fourth-order valence-electron chi connectivity index (χ4n) is 1.61. The molecule has 0 amide bonds. The fourth-order valence-corrected chi connectivity index (χ4v) is 1.61. The van der Waals surface area contributed by atoms with Gasteiger partial charge >= 0.3 is 12.1 Å². The standard InChI is InChI=1S/C9H14O5/c1-13-9(12)14-7-4-2-6(3-5-7)8(10)11/h6-7H,2-5H2,1H3,(H,10,11). The van der Waals surface area contributed by atoms with Crippen LogP contribution in [0, 0.1) is 5.92 Å². The van der Waals surface area contributed by atoms with E-state index < -0.39 is 12.1 Å². The Kier molecular flexibility index (Phi) is 3.73. The van der Waals surface area contributed by atoms with Gasteiger partial charge < -0.3 is 14.6 Å². The number of hydrogen-bond donors (Lipinski definition) is 1. The van der Waals surface area contributed by atoms with E-state index in [2.05, 4.69) is 4.74 Å². The topological polar surface area (TPSA) is 72.8 Å². The second kappa shape index (κ2) is 4.83. The molecule has 1 fully saturated rings. The van der Waals surface area contributed by atoms with Gasteiger partial charge in [0.05, 0.1) is 13.0 Å². The number of aliphatic carboxylic acids is 1. The molecular weight excluding hydrogens is 188 g/mol. The third-order valence-electron chi connectivity index (χ3n) is 2.45. The van der Waals surface area contributed by atoms with Crippen LogP contribution in [-0.2, 0) is 14.3 Å². The minimum Gasteiger partial charge on any atom is -0.481 e. The fraction of sp³-hybridized carbons (Fsp3) is 0.778. The van der Waals surface area contributed by atoms with E-state index >= 15 is 0 Å². The summed E-state index contributed by atoms with van der Waals surface area (Å²) >= 11 is 0. The van der Waals surface area contributed by atoms with Gasteiger partial charge in [-0.3, -0.25) is 4.79 Å². The Bertz CT molecular complexity index is 217. The van der Waals surface area contributed by atoms with Gasteiger partial charge in [-0.05, 0) is 25.7 Å². The van der Waals surface area contributed by atoms with Crippen molar-refractivity contribution in [2.24, 2.45) is 5.92 Å². The molecule has 0 aromatic rings. The molecule has 1 N–H and O–H groups in total. The first-order valence-corrected chi connectivity index (χ1v) is 4.61. The van der Waals surface area contributed by atoms with E-state index in [1.54, 1.807) is 0 Å². The molecule has 0 heterocycles. The van der Waals surface area contributed by atoms with Crippen LogP contribution in [0.3, 0.4) is 0 Å². The molecule has 0 bridgehead atoms. The van der Waals surface area contributed by atoms with Crippen LogP contribution in [-0.4, -0.2) is 30.4 Å². The van der Waals surface area contributed by atoms with Gasteiger partial charge in [-0.25, -0.2) is 4.79 Å². The highest BCUT2D eigenvalue weighted by Gasteiger charge is 2.27. The van der Waals surface area contributed by atoms with Crippen molar-refractivity contribution in [2.75, 3.05) is 7.11 Å². The van der Waals surface area contributed by atoms with Crippen LogP contribution in [0.1, 0.15) is 25.7 Å². The molecule has 0 spiro atoms. The summed E-state index contributed by atoms with van der Waals surface area (Å²) in [7, 11) is 1.26. The highest BCUT2D eigenvalue weighted by Crippen LogP contribution is 2.26. The molecule has 5 nitrogen and oxygen atoms in total. The summed E-state index contributed by atoms with van der Waals surface area (Å²) in [6.07, 6.45) is 1.47. The van der Waals surface area contributed by atoms with Gasteiger partial charge in [0.15, 0.2) is 0 Å². The summed E-state index contributed by atoms with van der Waals surface area (Å²) in [5, 5.41) is 8.72. The van der Waals surface area contributed by atoms with E-state index in [0.29, 0.717) is 25.7 Å². The second-order valence-corrected chi connectivity index (χ2v) is 3.38. The first kappa shape index (κ1) is 10.8. The predicted molar refractivity (Wildman–Crippen MR) is 46.9 cm³/mol. The predicted octanol–water partition coefficient (Wildman–Crippen LogP) is 1.41. The SMILES string of the molecule is COC(=O)OC1CCC(C(=O)O)CC1. The highest BCUT2D eigenvalue weighted by molar-refractivity contribution is 5.70. The lowest BCUT2D eigenvalue weighted by atomic mass is 9.87. The molecule has 0 radical (unpaired) electrons. The Morgan fingerprint density at radius 1 is 1.21 bits per heavy atom. The molecule has 0 aliphatic heterocycles. The molecule has 14 heavy (non-hydrogen) atoms. The van der Waals surface area contributed by atoms with E-state index in [1.165, 1.54) is 7.11 Å². The molecule has 1 aliphatic rings. The van der Waals surface area contributed by atoms with Crippen molar-refractivity contribution in [1.29, 1.82) is 0 Å². The first-order chi connectivity index (χ1) is 6.63. The van der Waals surface area contributed by atoms with Crippen molar-refractivity contribution >= 4 is 12.1 Å². The van der Waals surface area contributed by atoms with E-state index in [4.69, 9.17) is 9.84 Å². The number of carboxylic acids is 1. The zero-order chi connectivity index (χ0) is 10.6. The maximum Gasteiger partial charge on any atom is 0.508 e. The van der Waals surface area contributed by atoms with Crippen molar-refractivity contribution in [3.8, 4) is 0 Å². The number of carboxylic acid groups (broad SMARTS) is 1. The molecule has 1 aliphatic carbocycles. The monoisotopic (exact) mass is 202 g/mol. The Balaban J connectivity index is 2.29. The average Bonchev–Trinajstić information content (AvgIpc) is 2.18. The van der Waals surface area contributed by atoms with Crippen LogP contribution in [0.2, 0.25) is 0 Å². The molecule has 1 rings (SSSR count). The van der Waals surface area contributed by atoms with Crippen LogP contribution in [0.4, 0.5) is 4.79 Å². The summed E-state index contributed by atoms with van der Waals surface area (Å²) in [5.41, 5.74) is 0. The lowest BCUT2D eigenvalue weighted by Gasteiger charge is -2.25. The molecule has 5 heteroatoms. The minimum atomic E-state index is -0.762. The van der Waals surface area contributed by atoms with Gasteiger partial charge in [0.2, 0.25) is 0 Å². The van der Waals surface area contributed by atoms with Crippen molar-refractivity contribution in [3.63, 3.8) is 0 Å². The first-order valence-electron chi connectivity index (χ1n) is 4.61. The molecule has 0 aromatic heterocycles. The minimum absolute atomic E-state index is 0.182. The maximum absolute atomic E-state index is 10.7. The van der Waals surface area contributed by atoms with Crippen LogP contribution in [0.15, 0.2) is 0 Å². The zero-order valence-corrected chi connectivity index (χ0v) is 8.06. The molecule has 0 unspecified atom stereocenters. The van der Waals surface area contributed by atoms with Gasteiger partial charge in [-0.1, -0.05) is 0 Å². The van der Waals surface area contributed by atoms with Crippen molar-refractivity contribution in [2.45, 2.75) is 31.8 Å². The largest absolute Gasteiger partial charge is 0.508 e. The summed E-state index contributed by atoms with van der Waals surface area (Å²) in [5.74, 6) is -1.05. The summed E-state index contributed by atoms with van der Waals surface area (Å²) < 4.78 is 9.26. The second-order valence-electron chi connectivity index (χ2n) is 3.38. The summed E-state index contributed by atoms with van der Waals surface area (Å²) in [6, 6.07) is 0. The van der Waals surface area contributed by atoms with E-state index in [9.17, 15) is 9.59 Å². The number of carbonyl (C=O) groups excluding carboxylic acids is 1. The van der Waals surface area contributed by atoms with Gasteiger partial charge in [0.1, 0.15) is 6.10 Å². The number of carbonyl (C=O) groups is 2. The molecule has 0 saturated heterocycles. The normalized spacial score (nSPS) is 26.6. The Morgan fingerprint density at radius 2 is 1.79 bits per heavy atom. The summed E-state index contributed by atoms with van der Waals surface area (Å²) in [4.78, 5) is 21.3. The number of hydrogen-bond acceptors (Lipinski definition) is 4. The van der Waals surface area contributed by atoms with Gasteiger partial charge in [0, 0.05) is 0 Å². The average molecular weight is 202 g/mol. The third kappa shape index (κ3) is 2.90. The van der Waals surface area contributed by atoms with Gasteiger partial charge in [-0.2, -0.15) is 0 Å². The number of rotatable bonds is 2. The van der Waals surface area contributed by atoms with E-state index in [0.717, 1.165) is 0 Å². The Hall–Kier alpha value is -1.26. The smallest absolute Gasteiger partial charge is 0.481 e. The van der Waals surface area contributed by atoms with Crippen LogP contribution >= 0.6 is 0 Å². The Labute approximate surface area is 82.0 Å². The van der Waals surface area contributed by atoms with Gasteiger partial charge in [0.25, 0.3) is 0 Å². The Morgan fingerprint density at radius 3 is 2.21 bits per heavy atom. The molecule has 1 saturated carbocycles. The highest BCUT2D eigenvalue weighted by atomic mass is 16.7. The molecular formula is C9H14O5. The van der Waals surface area contributed by atoms with E-state index in [-0.39, 0.29) is 12.0 Å².